The zero-order valence-electron chi connectivity index (χ0n) is 23.7. The van der Waals surface area contributed by atoms with Gasteiger partial charge >= 0.3 is 0 Å². The van der Waals surface area contributed by atoms with Crippen molar-refractivity contribution in [3.8, 4) is 5.75 Å². The number of sulfonamides is 1. The quantitative estimate of drug-likeness (QED) is 0.445. The molecule has 2 aromatic carbocycles. The van der Waals surface area contributed by atoms with Crippen molar-refractivity contribution in [1.82, 2.24) is 4.72 Å². The molecule has 1 N–H and O–H groups in total. The highest BCUT2D eigenvalue weighted by molar-refractivity contribution is 7.90. The predicted molar refractivity (Wildman–Crippen MR) is 160 cm³/mol. The second kappa shape index (κ2) is 11.3. The van der Waals surface area contributed by atoms with Gasteiger partial charge in [-0.1, -0.05) is 31.0 Å². The van der Waals surface area contributed by atoms with E-state index in [1.165, 1.54) is 11.1 Å². The molecular formula is C32H39ClN2O5S. The van der Waals surface area contributed by atoms with E-state index in [-0.39, 0.29) is 22.8 Å². The van der Waals surface area contributed by atoms with Crippen molar-refractivity contribution in [3.63, 3.8) is 0 Å². The SMILES string of the molecule is CC[C@@H]1CCCCC(=O)[C@@H]2CC[C@H]2CN2C[C@@]3(CCCc4cc(Cl)ccc43)COc3ccc(cc32)C(=O)NS1(=O)=O. The fourth-order valence-electron chi connectivity index (χ4n) is 7.46. The smallest absolute Gasteiger partial charge is 0.264 e. The first-order valence-corrected chi connectivity index (χ1v) is 17.0. The second-order valence-electron chi connectivity index (χ2n) is 12.4. The molecule has 1 saturated carbocycles. The van der Waals surface area contributed by atoms with Crippen molar-refractivity contribution in [2.45, 2.75) is 81.8 Å². The molecule has 2 aliphatic carbocycles. The van der Waals surface area contributed by atoms with Crippen LogP contribution in [0, 0.1) is 11.8 Å². The lowest BCUT2D eigenvalue weighted by molar-refractivity contribution is -0.127. The number of carbonyl (C=O) groups excluding carboxylic acids is 2. The van der Waals surface area contributed by atoms with Gasteiger partial charge in [-0.3, -0.25) is 9.59 Å². The summed E-state index contributed by atoms with van der Waals surface area (Å²) in [6.07, 6.45) is 7.49. The minimum atomic E-state index is -3.86. The van der Waals surface area contributed by atoms with E-state index < -0.39 is 21.2 Å². The molecule has 9 heteroatoms. The van der Waals surface area contributed by atoms with Crippen LogP contribution in [0.4, 0.5) is 5.69 Å². The number of benzene rings is 2. The minimum Gasteiger partial charge on any atom is -0.490 e. The molecule has 0 radical (unpaired) electrons. The van der Waals surface area contributed by atoms with Crippen LogP contribution < -0.4 is 14.4 Å². The Hall–Kier alpha value is -2.58. The normalized spacial score (nSPS) is 29.8. The maximum atomic E-state index is 13.3. The van der Waals surface area contributed by atoms with Crippen LogP contribution in [-0.2, 0) is 26.7 Å². The summed E-state index contributed by atoms with van der Waals surface area (Å²) < 4.78 is 35.2. The summed E-state index contributed by atoms with van der Waals surface area (Å²) in [5, 5.41) is 0.0571. The van der Waals surface area contributed by atoms with E-state index in [1.807, 2.05) is 13.0 Å². The number of ketones is 1. The molecule has 6 rings (SSSR count). The van der Waals surface area contributed by atoms with Crippen LogP contribution in [0.15, 0.2) is 36.4 Å². The number of fused-ring (bicyclic) bond motifs is 4. The van der Waals surface area contributed by atoms with Crippen molar-refractivity contribution >= 4 is 39.0 Å². The minimum absolute atomic E-state index is 0.0288. The van der Waals surface area contributed by atoms with Gasteiger partial charge in [0.25, 0.3) is 5.91 Å². The second-order valence-corrected chi connectivity index (χ2v) is 14.8. The fraction of sp³-hybridized carbons (Fsp3) is 0.562. The van der Waals surface area contributed by atoms with E-state index in [1.54, 1.807) is 18.2 Å². The van der Waals surface area contributed by atoms with Crippen LogP contribution in [0.3, 0.4) is 0 Å². The average molecular weight is 599 g/mol. The molecule has 220 valence electrons. The Bertz CT molecular complexity index is 1460. The van der Waals surface area contributed by atoms with Crippen molar-refractivity contribution < 1.29 is 22.7 Å². The number of carbonyl (C=O) groups is 2. The van der Waals surface area contributed by atoms with Crippen LogP contribution in [0.25, 0.3) is 0 Å². The van der Waals surface area contributed by atoms with Crippen molar-refractivity contribution in [2.24, 2.45) is 11.8 Å². The summed E-state index contributed by atoms with van der Waals surface area (Å²) in [5.41, 5.74) is 3.31. The third kappa shape index (κ3) is 5.50. The fourth-order valence-corrected chi connectivity index (χ4v) is 9.11. The maximum Gasteiger partial charge on any atom is 0.264 e. The zero-order valence-corrected chi connectivity index (χ0v) is 25.2. The number of anilines is 1. The Labute approximate surface area is 248 Å². The summed E-state index contributed by atoms with van der Waals surface area (Å²) in [5.74, 6) is 0.628. The first-order chi connectivity index (χ1) is 19.7. The number of amides is 1. The molecule has 2 bridgehead atoms. The average Bonchev–Trinajstić information content (AvgIpc) is 3.07. The molecule has 2 aromatic rings. The molecular weight excluding hydrogens is 560 g/mol. The molecule has 1 amide bonds. The van der Waals surface area contributed by atoms with Crippen molar-refractivity contribution in [2.75, 3.05) is 24.6 Å². The number of nitrogens with zero attached hydrogens (tertiary/aromatic N) is 1. The molecule has 2 heterocycles. The van der Waals surface area contributed by atoms with Crippen molar-refractivity contribution in [1.29, 1.82) is 0 Å². The van der Waals surface area contributed by atoms with Crippen LogP contribution in [0.2, 0.25) is 5.02 Å². The van der Waals surface area contributed by atoms with Crippen LogP contribution in [0.5, 0.6) is 5.75 Å². The first-order valence-electron chi connectivity index (χ1n) is 15.1. The van der Waals surface area contributed by atoms with Gasteiger partial charge in [0.05, 0.1) is 17.5 Å². The van der Waals surface area contributed by atoms with Crippen molar-refractivity contribution in [3.05, 3.63) is 58.1 Å². The van der Waals surface area contributed by atoms with Gasteiger partial charge in [0.1, 0.15) is 11.5 Å². The number of hydrogen-bond acceptors (Lipinski definition) is 6. The number of ether oxygens (including phenoxy) is 1. The van der Waals surface area contributed by atoms with Gasteiger partial charge in [-0.15, -0.1) is 0 Å². The third-order valence-corrected chi connectivity index (χ3v) is 12.1. The first kappa shape index (κ1) is 28.5. The van der Waals surface area contributed by atoms with Gasteiger partial charge in [-0.25, -0.2) is 13.1 Å². The van der Waals surface area contributed by atoms with Gasteiger partial charge in [0.2, 0.25) is 10.0 Å². The molecule has 1 spiro atoms. The highest BCUT2D eigenvalue weighted by Crippen LogP contribution is 2.46. The van der Waals surface area contributed by atoms with E-state index in [2.05, 4.69) is 21.8 Å². The van der Waals surface area contributed by atoms with Gasteiger partial charge in [0.15, 0.2) is 0 Å². The van der Waals surface area contributed by atoms with Crippen LogP contribution in [0.1, 0.15) is 86.2 Å². The molecule has 4 aliphatic rings. The van der Waals surface area contributed by atoms with Gasteiger partial charge < -0.3 is 9.64 Å². The Balaban J connectivity index is 1.41. The molecule has 41 heavy (non-hydrogen) atoms. The summed E-state index contributed by atoms with van der Waals surface area (Å²) >= 11 is 6.38. The highest BCUT2D eigenvalue weighted by atomic mass is 35.5. The molecule has 4 atom stereocenters. The van der Waals surface area contributed by atoms with E-state index in [0.717, 1.165) is 42.8 Å². The van der Waals surface area contributed by atoms with E-state index in [4.69, 9.17) is 16.3 Å². The number of hydrogen-bond donors (Lipinski definition) is 1. The number of nitrogens with one attached hydrogen (secondary N) is 1. The van der Waals surface area contributed by atoms with Crippen LogP contribution in [-0.4, -0.2) is 45.1 Å². The summed E-state index contributed by atoms with van der Waals surface area (Å²) in [7, 11) is -3.86. The number of rotatable bonds is 1. The molecule has 2 aliphatic heterocycles. The van der Waals surface area contributed by atoms with Gasteiger partial charge in [-0.2, -0.15) is 0 Å². The number of Topliss-reactive ketones (excluding diaryl/α,β-unsaturated/α-hetero) is 1. The summed E-state index contributed by atoms with van der Waals surface area (Å²) in [6.45, 7) is 3.70. The standard InChI is InChI=1S/C32H39ClN2O5S/c1-2-25-7-3-4-8-29(36)26-12-9-23(26)18-35-19-32(15-5-6-21-16-24(33)11-13-27(21)32)20-40-30-14-10-22(17-28(30)35)31(37)34-41(25,38)39/h10-11,13-14,16-17,23,25-26H,2-9,12,15,18-20H2,1H3,(H,34,37)/t23-,25+,26+,32-/m0/s1. The van der Waals surface area contributed by atoms with Gasteiger partial charge in [0, 0.05) is 41.4 Å². The number of halogens is 1. The topological polar surface area (TPSA) is 92.8 Å². The van der Waals surface area contributed by atoms with E-state index in [9.17, 15) is 18.0 Å². The molecule has 0 aromatic heterocycles. The van der Waals surface area contributed by atoms with Crippen LogP contribution >= 0.6 is 11.6 Å². The predicted octanol–water partition coefficient (Wildman–Crippen LogP) is 5.82. The summed E-state index contributed by atoms with van der Waals surface area (Å²) in [6, 6.07) is 11.4. The highest BCUT2D eigenvalue weighted by Gasteiger charge is 2.44. The largest absolute Gasteiger partial charge is 0.490 e. The lowest BCUT2D eigenvalue weighted by atomic mass is 9.68. The third-order valence-electron chi connectivity index (χ3n) is 9.91. The number of aryl methyl sites for hydroxylation is 1. The van der Waals surface area contributed by atoms with E-state index >= 15 is 0 Å². The molecule has 0 saturated heterocycles. The Kier molecular flexibility index (Phi) is 7.83. The zero-order chi connectivity index (χ0) is 28.8. The molecule has 1 fully saturated rings. The molecule has 0 unspecified atom stereocenters. The maximum absolute atomic E-state index is 13.3. The van der Waals surface area contributed by atoms with Gasteiger partial charge in [-0.05, 0) is 98.7 Å². The Morgan fingerprint density at radius 3 is 2.68 bits per heavy atom. The Morgan fingerprint density at radius 2 is 1.90 bits per heavy atom. The lowest BCUT2D eigenvalue weighted by Crippen LogP contribution is -2.49. The molecule has 7 nitrogen and oxygen atoms in total. The van der Waals surface area contributed by atoms with E-state index in [0.29, 0.717) is 63.3 Å². The summed E-state index contributed by atoms with van der Waals surface area (Å²) in [4.78, 5) is 28.9. The Morgan fingerprint density at radius 1 is 1.05 bits per heavy atom. The lowest BCUT2D eigenvalue weighted by Gasteiger charge is -2.44. The monoisotopic (exact) mass is 598 g/mol.